The molecule has 1 aliphatic heterocycles. The smallest absolute Gasteiger partial charge is 0.325 e. The zero-order valence-electron chi connectivity index (χ0n) is 7.37. The van der Waals surface area contributed by atoms with E-state index in [-0.39, 0.29) is 18.4 Å². The maximum Gasteiger partial charge on any atom is 0.325 e. The van der Waals surface area contributed by atoms with Crippen molar-refractivity contribution in [1.82, 2.24) is 4.90 Å². The number of rotatable bonds is 2. The number of esters is 1. The molecule has 4 nitrogen and oxygen atoms in total. The van der Waals surface area contributed by atoms with E-state index in [1.165, 1.54) is 12.0 Å². The topological polar surface area (TPSA) is 46.6 Å². The lowest BCUT2D eigenvalue weighted by Gasteiger charge is -2.13. The van der Waals surface area contributed by atoms with Crippen LogP contribution in [0.3, 0.4) is 0 Å². The Bertz CT molecular complexity index is 202. The molecule has 0 radical (unpaired) electrons. The summed E-state index contributed by atoms with van der Waals surface area (Å²) in [7, 11) is 1.33. The summed E-state index contributed by atoms with van der Waals surface area (Å²) in [5.41, 5.74) is 0. The number of amides is 1. The van der Waals surface area contributed by atoms with Crippen LogP contribution in [0.2, 0.25) is 0 Å². The van der Waals surface area contributed by atoms with E-state index in [4.69, 9.17) is 0 Å². The molecule has 0 aromatic heterocycles. The summed E-state index contributed by atoms with van der Waals surface area (Å²) in [6, 6.07) is 0. The second-order valence-electron chi connectivity index (χ2n) is 3.16. The van der Waals surface area contributed by atoms with Crippen molar-refractivity contribution in [3.8, 4) is 0 Å². The van der Waals surface area contributed by atoms with Gasteiger partial charge in [-0.1, -0.05) is 6.92 Å². The number of nitrogens with zero attached hydrogens (tertiary/aromatic N) is 1. The highest BCUT2D eigenvalue weighted by atomic mass is 16.5. The monoisotopic (exact) mass is 171 g/mol. The van der Waals surface area contributed by atoms with Gasteiger partial charge in [0.1, 0.15) is 6.54 Å². The number of carbonyl (C=O) groups is 2. The van der Waals surface area contributed by atoms with Gasteiger partial charge in [-0.25, -0.2) is 0 Å². The van der Waals surface area contributed by atoms with Crippen molar-refractivity contribution in [1.29, 1.82) is 0 Å². The van der Waals surface area contributed by atoms with Crippen LogP contribution in [0.4, 0.5) is 0 Å². The van der Waals surface area contributed by atoms with Gasteiger partial charge in [0.2, 0.25) is 5.91 Å². The van der Waals surface area contributed by atoms with E-state index in [1.807, 2.05) is 6.92 Å². The molecule has 0 N–H and O–H groups in total. The van der Waals surface area contributed by atoms with E-state index in [0.717, 1.165) is 0 Å². The van der Waals surface area contributed by atoms with Crippen LogP contribution in [-0.4, -0.2) is 37.0 Å². The summed E-state index contributed by atoms with van der Waals surface area (Å²) in [5, 5.41) is 0. The molecule has 4 heteroatoms. The van der Waals surface area contributed by atoms with Gasteiger partial charge in [-0.3, -0.25) is 9.59 Å². The molecule has 1 amide bonds. The first-order valence-electron chi connectivity index (χ1n) is 3.98. The number of hydrogen-bond acceptors (Lipinski definition) is 3. The maximum absolute atomic E-state index is 11.2. The molecule has 68 valence electrons. The Balaban J connectivity index is 2.43. The van der Waals surface area contributed by atoms with Gasteiger partial charge in [0, 0.05) is 13.0 Å². The van der Waals surface area contributed by atoms with Crippen LogP contribution < -0.4 is 0 Å². The molecule has 0 saturated carbocycles. The quantitative estimate of drug-likeness (QED) is 0.550. The van der Waals surface area contributed by atoms with Gasteiger partial charge in [0.25, 0.3) is 0 Å². The molecule has 0 unspecified atom stereocenters. The summed E-state index contributed by atoms with van der Waals surface area (Å²) in [6.45, 7) is 2.77. The number of methoxy groups -OCH3 is 1. The Morgan fingerprint density at radius 2 is 2.42 bits per heavy atom. The minimum atomic E-state index is -0.350. The van der Waals surface area contributed by atoms with E-state index in [9.17, 15) is 9.59 Å². The third-order valence-corrected chi connectivity index (χ3v) is 1.96. The average molecular weight is 171 g/mol. The zero-order valence-corrected chi connectivity index (χ0v) is 7.37. The van der Waals surface area contributed by atoms with Crippen LogP contribution in [0.1, 0.15) is 13.3 Å². The fourth-order valence-corrected chi connectivity index (χ4v) is 1.34. The first-order valence-corrected chi connectivity index (χ1v) is 3.98. The Morgan fingerprint density at radius 3 is 2.83 bits per heavy atom. The van der Waals surface area contributed by atoms with Crippen LogP contribution >= 0.6 is 0 Å². The van der Waals surface area contributed by atoms with Gasteiger partial charge in [-0.05, 0) is 5.92 Å². The fraction of sp³-hybridized carbons (Fsp3) is 0.750. The van der Waals surface area contributed by atoms with E-state index in [2.05, 4.69) is 4.74 Å². The molecule has 0 aromatic rings. The molecule has 1 aliphatic rings. The highest BCUT2D eigenvalue weighted by Crippen LogP contribution is 2.15. The van der Waals surface area contributed by atoms with Crippen LogP contribution in [0, 0.1) is 5.92 Å². The lowest BCUT2D eigenvalue weighted by molar-refractivity contribution is -0.145. The minimum Gasteiger partial charge on any atom is -0.468 e. The Hall–Kier alpha value is -1.06. The molecular weight excluding hydrogens is 158 g/mol. The molecule has 0 aliphatic carbocycles. The Labute approximate surface area is 71.5 Å². The summed E-state index contributed by atoms with van der Waals surface area (Å²) in [6.07, 6.45) is 0.553. The van der Waals surface area contributed by atoms with Gasteiger partial charge in [-0.2, -0.15) is 0 Å². The third kappa shape index (κ3) is 1.96. The normalized spacial score (nSPS) is 23.0. The zero-order chi connectivity index (χ0) is 9.14. The van der Waals surface area contributed by atoms with Crippen LogP contribution in [0.25, 0.3) is 0 Å². The SMILES string of the molecule is COC(=O)CN1C[C@@H](C)CC1=O. The summed E-state index contributed by atoms with van der Waals surface area (Å²) in [5.74, 6) is 0.0625. The summed E-state index contributed by atoms with van der Waals surface area (Å²) in [4.78, 5) is 23.5. The standard InChI is InChI=1S/C8H13NO3/c1-6-3-7(10)9(4-6)5-8(11)12-2/h6H,3-5H2,1-2H3/t6-/m0/s1. The molecule has 1 saturated heterocycles. The molecule has 1 atom stereocenters. The van der Waals surface area contributed by atoms with E-state index < -0.39 is 0 Å². The fourth-order valence-electron chi connectivity index (χ4n) is 1.34. The van der Waals surface area contributed by atoms with Gasteiger partial charge in [-0.15, -0.1) is 0 Å². The molecule has 0 aromatic carbocycles. The molecule has 1 rings (SSSR count). The molecular formula is C8H13NO3. The number of likely N-dealkylation sites (tertiary alicyclic amines) is 1. The largest absolute Gasteiger partial charge is 0.468 e. The number of carbonyl (C=O) groups excluding carboxylic acids is 2. The predicted molar refractivity (Wildman–Crippen MR) is 42.4 cm³/mol. The Morgan fingerprint density at radius 1 is 1.75 bits per heavy atom. The van der Waals surface area contributed by atoms with E-state index in [1.54, 1.807) is 0 Å². The number of ether oxygens (including phenoxy) is 1. The van der Waals surface area contributed by atoms with E-state index >= 15 is 0 Å². The average Bonchev–Trinajstić information content (AvgIpc) is 2.30. The summed E-state index contributed by atoms with van der Waals surface area (Å²) < 4.78 is 4.46. The lowest BCUT2D eigenvalue weighted by atomic mass is 10.2. The van der Waals surface area contributed by atoms with Gasteiger partial charge in [0.05, 0.1) is 7.11 Å². The summed E-state index contributed by atoms with van der Waals surface area (Å²) >= 11 is 0. The first kappa shape index (κ1) is 9.03. The van der Waals surface area contributed by atoms with Crippen LogP contribution in [-0.2, 0) is 14.3 Å². The second-order valence-corrected chi connectivity index (χ2v) is 3.16. The number of hydrogen-bond donors (Lipinski definition) is 0. The highest BCUT2D eigenvalue weighted by molar-refractivity contribution is 5.83. The molecule has 0 bridgehead atoms. The lowest BCUT2D eigenvalue weighted by Crippen LogP contribution is -2.31. The van der Waals surface area contributed by atoms with Crippen molar-refractivity contribution in [2.75, 3.05) is 20.2 Å². The predicted octanol–water partition coefficient (Wildman–Crippen LogP) is 0.0278. The molecule has 0 spiro atoms. The first-order chi connectivity index (χ1) is 5.63. The highest BCUT2D eigenvalue weighted by Gasteiger charge is 2.27. The van der Waals surface area contributed by atoms with Crippen molar-refractivity contribution in [3.05, 3.63) is 0 Å². The molecule has 12 heavy (non-hydrogen) atoms. The van der Waals surface area contributed by atoms with Crippen molar-refractivity contribution in [2.24, 2.45) is 5.92 Å². The molecule has 1 heterocycles. The second kappa shape index (κ2) is 3.56. The minimum absolute atomic E-state index is 0.0490. The third-order valence-electron chi connectivity index (χ3n) is 1.96. The van der Waals surface area contributed by atoms with Crippen molar-refractivity contribution >= 4 is 11.9 Å². The van der Waals surface area contributed by atoms with Gasteiger partial charge < -0.3 is 9.64 Å². The van der Waals surface area contributed by atoms with Crippen molar-refractivity contribution in [3.63, 3.8) is 0 Å². The van der Waals surface area contributed by atoms with Crippen LogP contribution in [0.5, 0.6) is 0 Å². The van der Waals surface area contributed by atoms with Gasteiger partial charge >= 0.3 is 5.97 Å². The Kier molecular flexibility index (Phi) is 2.68. The van der Waals surface area contributed by atoms with Gasteiger partial charge in [0.15, 0.2) is 0 Å². The van der Waals surface area contributed by atoms with E-state index in [0.29, 0.717) is 18.9 Å². The van der Waals surface area contributed by atoms with Crippen molar-refractivity contribution < 1.29 is 14.3 Å². The molecule has 1 fully saturated rings. The van der Waals surface area contributed by atoms with Crippen LogP contribution in [0.15, 0.2) is 0 Å². The van der Waals surface area contributed by atoms with Crippen molar-refractivity contribution in [2.45, 2.75) is 13.3 Å². The maximum atomic E-state index is 11.2.